The molecule has 0 aliphatic carbocycles. The number of carbonyl (C=O) groups is 3. The van der Waals surface area contributed by atoms with Gasteiger partial charge in [-0.2, -0.15) is 0 Å². The lowest BCUT2D eigenvalue weighted by Crippen LogP contribution is -2.55. The van der Waals surface area contributed by atoms with E-state index in [-0.39, 0.29) is 18.6 Å². The minimum Gasteiger partial charge on any atom is -0.445 e. The number of piperazine rings is 1. The second kappa shape index (κ2) is 9.36. The second-order valence-electron chi connectivity index (χ2n) is 8.68. The van der Waals surface area contributed by atoms with E-state index in [1.807, 2.05) is 51.1 Å². The molecule has 0 aromatic heterocycles. The van der Waals surface area contributed by atoms with E-state index < -0.39 is 17.7 Å². The molecule has 8 heteroatoms. The largest absolute Gasteiger partial charge is 0.445 e. The highest BCUT2D eigenvalue weighted by atomic mass is 16.6. The summed E-state index contributed by atoms with van der Waals surface area (Å²) in [7, 11) is 0. The Morgan fingerprint density at radius 2 is 1.57 bits per heavy atom. The fourth-order valence-electron chi connectivity index (χ4n) is 3.69. The number of hydrogen-bond donors (Lipinski definition) is 0. The van der Waals surface area contributed by atoms with Crippen molar-refractivity contribution in [3.05, 3.63) is 35.9 Å². The summed E-state index contributed by atoms with van der Waals surface area (Å²) in [5.74, 6) is -0.0759. The Hall–Kier alpha value is -2.77. The van der Waals surface area contributed by atoms with Crippen LogP contribution in [-0.4, -0.2) is 77.2 Å². The van der Waals surface area contributed by atoms with Crippen LogP contribution in [0.5, 0.6) is 0 Å². The van der Waals surface area contributed by atoms with E-state index >= 15 is 0 Å². The van der Waals surface area contributed by atoms with Gasteiger partial charge < -0.3 is 19.3 Å². The third kappa shape index (κ3) is 5.64. The average Bonchev–Trinajstić information content (AvgIpc) is 3.21. The normalized spacial score (nSPS) is 19.6. The summed E-state index contributed by atoms with van der Waals surface area (Å²) >= 11 is 0. The Bertz CT molecular complexity index is 754. The lowest BCUT2D eigenvalue weighted by molar-refractivity contribution is -0.137. The fraction of sp³-hybridized carbons (Fsp3) is 0.591. The van der Waals surface area contributed by atoms with Gasteiger partial charge in [0.1, 0.15) is 18.2 Å². The van der Waals surface area contributed by atoms with E-state index in [2.05, 4.69) is 0 Å². The van der Waals surface area contributed by atoms with E-state index in [0.29, 0.717) is 39.1 Å². The SMILES string of the molecule is CC(C)(C)OC(=O)N1CCN(C(=O)C2CCCN2C(=O)OCc2ccccc2)CC1. The molecule has 2 aliphatic rings. The highest BCUT2D eigenvalue weighted by Crippen LogP contribution is 2.22. The number of ether oxygens (including phenoxy) is 2. The molecular formula is C22H31N3O5. The van der Waals surface area contributed by atoms with Gasteiger partial charge >= 0.3 is 12.2 Å². The maximum Gasteiger partial charge on any atom is 0.410 e. The summed E-state index contributed by atoms with van der Waals surface area (Å²) in [5, 5.41) is 0. The number of nitrogens with zero attached hydrogens (tertiary/aromatic N) is 3. The predicted octanol–water partition coefficient (Wildman–Crippen LogP) is 2.87. The van der Waals surface area contributed by atoms with Crippen molar-refractivity contribution in [2.24, 2.45) is 0 Å². The molecule has 30 heavy (non-hydrogen) atoms. The van der Waals surface area contributed by atoms with Crippen molar-refractivity contribution in [1.29, 1.82) is 0 Å². The van der Waals surface area contributed by atoms with E-state index in [9.17, 15) is 14.4 Å². The summed E-state index contributed by atoms with van der Waals surface area (Å²) in [6, 6.07) is 8.98. The molecule has 8 nitrogen and oxygen atoms in total. The zero-order valence-electron chi connectivity index (χ0n) is 18.0. The molecule has 0 N–H and O–H groups in total. The van der Waals surface area contributed by atoms with Crippen LogP contribution in [0.15, 0.2) is 30.3 Å². The second-order valence-corrected chi connectivity index (χ2v) is 8.68. The lowest BCUT2D eigenvalue weighted by Gasteiger charge is -2.37. The van der Waals surface area contributed by atoms with Crippen LogP contribution in [0.2, 0.25) is 0 Å². The molecule has 3 amide bonds. The number of amides is 3. The van der Waals surface area contributed by atoms with Crippen molar-refractivity contribution >= 4 is 18.1 Å². The third-order valence-electron chi connectivity index (χ3n) is 5.22. The smallest absolute Gasteiger partial charge is 0.410 e. The van der Waals surface area contributed by atoms with Gasteiger partial charge in [0.15, 0.2) is 0 Å². The molecule has 164 valence electrons. The minimum absolute atomic E-state index is 0.0759. The van der Waals surface area contributed by atoms with Crippen molar-refractivity contribution in [2.45, 2.75) is 51.9 Å². The zero-order valence-corrected chi connectivity index (χ0v) is 18.0. The van der Waals surface area contributed by atoms with Gasteiger partial charge in [0, 0.05) is 32.7 Å². The van der Waals surface area contributed by atoms with Crippen LogP contribution in [0.1, 0.15) is 39.2 Å². The van der Waals surface area contributed by atoms with E-state index in [0.717, 1.165) is 12.0 Å². The van der Waals surface area contributed by atoms with Gasteiger partial charge in [-0.15, -0.1) is 0 Å². The molecule has 1 aromatic carbocycles. The third-order valence-corrected chi connectivity index (χ3v) is 5.22. The van der Waals surface area contributed by atoms with Crippen LogP contribution in [0.4, 0.5) is 9.59 Å². The van der Waals surface area contributed by atoms with E-state index in [1.54, 1.807) is 9.80 Å². The molecule has 2 fully saturated rings. The average molecular weight is 418 g/mol. The van der Waals surface area contributed by atoms with Crippen LogP contribution in [-0.2, 0) is 20.9 Å². The highest BCUT2D eigenvalue weighted by Gasteiger charge is 2.38. The Kier molecular flexibility index (Phi) is 6.84. The van der Waals surface area contributed by atoms with Crippen LogP contribution >= 0.6 is 0 Å². The van der Waals surface area contributed by atoms with Gasteiger partial charge in [-0.1, -0.05) is 30.3 Å². The lowest BCUT2D eigenvalue weighted by atomic mass is 10.1. The molecule has 2 aliphatic heterocycles. The van der Waals surface area contributed by atoms with Gasteiger partial charge in [-0.05, 0) is 39.2 Å². The molecular weight excluding hydrogens is 386 g/mol. The van der Waals surface area contributed by atoms with Crippen molar-refractivity contribution in [3.8, 4) is 0 Å². The number of benzene rings is 1. The summed E-state index contributed by atoms with van der Waals surface area (Å²) in [4.78, 5) is 42.7. The molecule has 2 heterocycles. The molecule has 1 aromatic rings. The quantitative estimate of drug-likeness (QED) is 0.756. The molecule has 0 saturated carbocycles. The first kappa shape index (κ1) is 21.9. The summed E-state index contributed by atoms with van der Waals surface area (Å²) in [5.41, 5.74) is 0.361. The first-order chi connectivity index (χ1) is 14.2. The topological polar surface area (TPSA) is 79.4 Å². The monoisotopic (exact) mass is 417 g/mol. The number of rotatable bonds is 3. The Balaban J connectivity index is 1.51. The van der Waals surface area contributed by atoms with Crippen molar-refractivity contribution in [1.82, 2.24) is 14.7 Å². The fourth-order valence-corrected chi connectivity index (χ4v) is 3.69. The van der Waals surface area contributed by atoms with E-state index in [1.165, 1.54) is 4.90 Å². The van der Waals surface area contributed by atoms with Crippen molar-refractivity contribution < 1.29 is 23.9 Å². The Morgan fingerprint density at radius 3 is 2.20 bits per heavy atom. The van der Waals surface area contributed by atoms with Gasteiger partial charge in [0.25, 0.3) is 0 Å². The first-order valence-electron chi connectivity index (χ1n) is 10.5. The highest BCUT2D eigenvalue weighted by molar-refractivity contribution is 5.86. The van der Waals surface area contributed by atoms with Gasteiger partial charge in [0.05, 0.1) is 0 Å². The maximum atomic E-state index is 13.0. The standard InChI is InChI=1S/C22H31N3O5/c1-22(2,3)30-20(27)24-14-12-23(13-15-24)19(26)18-10-7-11-25(18)21(28)29-16-17-8-5-4-6-9-17/h4-6,8-9,18H,7,10-16H2,1-3H3. The molecule has 1 unspecified atom stereocenters. The molecule has 1 atom stereocenters. The number of hydrogen-bond acceptors (Lipinski definition) is 5. The van der Waals surface area contributed by atoms with Crippen LogP contribution < -0.4 is 0 Å². The number of likely N-dealkylation sites (tertiary alicyclic amines) is 1. The maximum absolute atomic E-state index is 13.0. The molecule has 0 bridgehead atoms. The molecule has 2 saturated heterocycles. The summed E-state index contributed by atoms with van der Waals surface area (Å²) in [6.07, 6.45) is 0.587. The van der Waals surface area contributed by atoms with E-state index in [4.69, 9.17) is 9.47 Å². The summed E-state index contributed by atoms with van der Waals surface area (Å²) in [6.45, 7) is 7.90. The molecule has 0 radical (unpaired) electrons. The van der Waals surface area contributed by atoms with Gasteiger partial charge in [0.2, 0.25) is 5.91 Å². The first-order valence-corrected chi connectivity index (χ1v) is 10.5. The summed E-state index contributed by atoms with van der Waals surface area (Å²) < 4.78 is 10.8. The number of carbonyl (C=O) groups excluding carboxylic acids is 3. The Labute approximate surface area is 177 Å². The zero-order chi connectivity index (χ0) is 21.7. The van der Waals surface area contributed by atoms with Crippen LogP contribution in [0, 0.1) is 0 Å². The van der Waals surface area contributed by atoms with Crippen molar-refractivity contribution in [3.63, 3.8) is 0 Å². The van der Waals surface area contributed by atoms with Gasteiger partial charge in [-0.3, -0.25) is 9.69 Å². The van der Waals surface area contributed by atoms with Crippen molar-refractivity contribution in [2.75, 3.05) is 32.7 Å². The Morgan fingerprint density at radius 1 is 0.933 bits per heavy atom. The van der Waals surface area contributed by atoms with Gasteiger partial charge in [-0.25, -0.2) is 9.59 Å². The molecule has 3 rings (SSSR count). The van der Waals surface area contributed by atoms with Crippen LogP contribution in [0.25, 0.3) is 0 Å². The van der Waals surface area contributed by atoms with Crippen LogP contribution in [0.3, 0.4) is 0 Å². The molecule has 0 spiro atoms. The minimum atomic E-state index is -0.547. The predicted molar refractivity (Wildman–Crippen MR) is 111 cm³/mol.